The molecule has 0 unspecified atom stereocenters. The van der Waals surface area contributed by atoms with Gasteiger partial charge in [-0.3, -0.25) is 0 Å². The first-order valence-electron chi connectivity index (χ1n) is 7.97. The van der Waals surface area contributed by atoms with Crippen LogP contribution in [-0.4, -0.2) is 9.97 Å². The zero-order valence-electron chi connectivity index (χ0n) is 13.2. The molecular weight excluding hydrogens is 284 g/mol. The molecule has 1 aromatic heterocycles. The zero-order chi connectivity index (χ0) is 16.2. The van der Waals surface area contributed by atoms with E-state index >= 15 is 0 Å². The van der Waals surface area contributed by atoms with E-state index in [4.69, 9.17) is 11.0 Å². The highest BCUT2D eigenvalue weighted by Gasteiger charge is 2.11. The molecule has 3 aromatic rings. The van der Waals surface area contributed by atoms with Crippen molar-refractivity contribution in [3.8, 4) is 17.2 Å². The number of nitrogens with two attached hydrogens (primary N) is 1. The first kappa shape index (κ1) is 15.3. The number of imidazole rings is 1. The quantitative estimate of drug-likeness (QED) is 0.738. The van der Waals surface area contributed by atoms with Gasteiger partial charge in [-0.05, 0) is 41.8 Å². The molecule has 0 aliphatic heterocycles. The first-order valence-corrected chi connectivity index (χ1v) is 7.97. The number of hydrogen-bond donors (Lipinski definition) is 2. The van der Waals surface area contributed by atoms with Crippen LogP contribution < -0.4 is 5.73 Å². The summed E-state index contributed by atoms with van der Waals surface area (Å²) in [5.41, 5.74) is 11.0. The Hall–Kier alpha value is -2.64. The van der Waals surface area contributed by atoms with Gasteiger partial charge in [-0.25, -0.2) is 4.98 Å². The molecule has 0 bridgehead atoms. The van der Waals surface area contributed by atoms with Crippen LogP contribution in [0, 0.1) is 11.3 Å². The Bertz CT molecular complexity index is 840. The lowest BCUT2D eigenvalue weighted by molar-refractivity contribution is 0.581. The second-order valence-electron chi connectivity index (χ2n) is 5.79. The van der Waals surface area contributed by atoms with Crippen LogP contribution in [0.5, 0.6) is 0 Å². The second-order valence-corrected chi connectivity index (χ2v) is 5.79. The molecule has 4 heteroatoms. The van der Waals surface area contributed by atoms with Gasteiger partial charge in [-0.1, -0.05) is 38.0 Å². The van der Waals surface area contributed by atoms with Crippen molar-refractivity contribution in [3.05, 3.63) is 53.9 Å². The number of unbranched alkanes of at least 4 members (excludes halogenated alkanes) is 1. The summed E-state index contributed by atoms with van der Waals surface area (Å²) in [5, 5.41) is 8.88. The predicted molar refractivity (Wildman–Crippen MR) is 92.7 cm³/mol. The van der Waals surface area contributed by atoms with Crippen LogP contribution in [0.4, 0.5) is 0 Å². The molecular formula is C19H20N4. The third-order valence-corrected chi connectivity index (χ3v) is 4.07. The third kappa shape index (κ3) is 3.25. The summed E-state index contributed by atoms with van der Waals surface area (Å²) >= 11 is 0. The van der Waals surface area contributed by atoms with Gasteiger partial charge in [0.25, 0.3) is 0 Å². The fourth-order valence-corrected chi connectivity index (χ4v) is 2.68. The Morgan fingerprint density at radius 1 is 1.17 bits per heavy atom. The van der Waals surface area contributed by atoms with Gasteiger partial charge < -0.3 is 10.7 Å². The molecule has 0 amide bonds. The highest BCUT2D eigenvalue weighted by Crippen LogP contribution is 2.25. The molecule has 3 N–H and O–H groups in total. The Balaban J connectivity index is 1.90. The lowest BCUT2D eigenvalue weighted by Gasteiger charge is -2.06. The normalized spacial score (nSPS) is 12.2. The SMILES string of the molecule is CCCC[C@@H](N)c1nc2ccc(-c3ccc(C#N)cc3)cc2[nH]1. The first-order chi connectivity index (χ1) is 11.2. The maximum Gasteiger partial charge on any atom is 0.124 e. The lowest BCUT2D eigenvalue weighted by Crippen LogP contribution is -2.11. The van der Waals surface area contributed by atoms with Crippen molar-refractivity contribution in [2.45, 2.75) is 32.2 Å². The van der Waals surface area contributed by atoms with Crippen LogP contribution in [0.1, 0.15) is 43.6 Å². The maximum atomic E-state index is 8.88. The summed E-state index contributed by atoms with van der Waals surface area (Å²) in [6.07, 6.45) is 3.18. The number of fused-ring (bicyclic) bond motifs is 1. The summed E-state index contributed by atoms with van der Waals surface area (Å²) < 4.78 is 0. The van der Waals surface area contributed by atoms with Gasteiger partial charge in [0.15, 0.2) is 0 Å². The number of hydrogen-bond acceptors (Lipinski definition) is 3. The molecule has 0 spiro atoms. The maximum absolute atomic E-state index is 8.88. The highest BCUT2D eigenvalue weighted by atomic mass is 15.0. The van der Waals surface area contributed by atoms with E-state index in [0.29, 0.717) is 5.56 Å². The van der Waals surface area contributed by atoms with Crippen molar-refractivity contribution >= 4 is 11.0 Å². The molecule has 1 atom stereocenters. The number of aromatic nitrogens is 2. The van der Waals surface area contributed by atoms with Crippen LogP contribution in [0.2, 0.25) is 0 Å². The third-order valence-electron chi connectivity index (χ3n) is 4.07. The number of rotatable bonds is 5. The lowest BCUT2D eigenvalue weighted by atomic mass is 10.0. The van der Waals surface area contributed by atoms with E-state index in [1.165, 1.54) is 0 Å². The van der Waals surface area contributed by atoms with Gasteiger partial charge in [0.2, 0.25) is 0 Å². The van der Waals surface area contributed by atoms with Crippen LogP contribution in [-0.2, 0) is 0 Å². The summed E-state index contributed by atoms with van der Waals surface area (Å²) in [6.45, 7) is 2.16. The summed E-state index contributed by atoms with van der Waals surface area (Å²) in [4.78, 5) is 7.95. The average Bonchev–Trinajstić information content (AvgIpc) is 3.03. The molecule has 0 aliphatic carbocycles. The van der Waals surface area contributed by atoms with E-state index in [2.05, 4.69) is 29.0 Å². The number of nitriles is 1. The summed E-state index contributed by atoms with van der Waals surface area (Å²) in [5.74, 6) is 0.852. The molecule has 4 nitrogen and oxygen atoms in total. The van der Waals surface area contributed by atoms with Crippen LogP contribution in [0.15, 0.2) is 42.5 Å². The Morgan fingerprint density at radius 2 is 1.91 bits per heavy atom. The van der Waals surface area contributed by atoms with E-state index in [9.17, 15) is 0 Å². The predicted octanol–water partition coefficient (Wildman–Crippen LogP) is 4.29. The number of nitrogens with one attached hydrogen (secondary N) is 1. The minimum absolute atomic E-state index is 0.0410. The summed E-state index contributed by atoms with van der Waals surface area (Å²) in [7, 11) is 0. The molecule has 1 heterocycles. The van der Waals surface area contributed by atoms with Gasteiger partial charge in [0.05, 0.1) is 28.7 Å². The van der Waals surface area contributed by atoms with E-state index < -0.39 is 0 Å². The standard InChI is InChI=1S/C19H20N4/c1-2-3-4-16(21)19-22-17-10-9-15(11-18(17)23-19)14-7-5-13(12-20)6-8-14/h5-11,16H,2-4,21H2,1H3,(H,22,23)/t16-/m1/s1. The largest absolute Gasteiger partial charge is 0.341 e. The molecule has 3 rings (SSSR count). The molecule has 116 valence electrons. The van der Waals surface area contributed by atoms with Crippen LogP contribution >= 0.6 is 0 Å². The smallest absolute Gasteiger partial charge is 0.124 e. The van der Waals surface area contributed by atoms with Crippen molar-refractivity contribution in [1.82, 2.24) is 9.97 Å². The Morgan fingerprint density at radius 3 is 2.61 bits per heavy atom. The fourth-order valence-electron chi connectivity index (χ4n) is 2.68. The van der Waals surface area contributed by atoms with Crippen molar-refractivity contribution in [2.75, 3.05) is 0 Å². The van der Waals surface area contributed by atoms with E-state index in [-0.39, 0.29) is 6.04 Å². The molecule has 2 aromatic carbocycles. The number of benzene rings is 2. The minimum atomic E-state index is -0.0410. The van der Waals surface area contributed by atoms with Crippen molar-refractivity contribution in [3.63, 3.8) is 0 Å². The molecule has 0 aliphatic rings. The number of nitrogens with zero attached hydrogens (tertiary/aromatic N) is 2. The van der Waals surface area contributed by atoms with Gasteiger partial charge in [-0.2, -0.15) is 5.26 Å². The number of aromatic amines is 1. The van der Waals surface area contributed by atoms with Crippen molar-refractivity contribution < 1.29 is 0 Å². The van der Waals surface area contributed by atoms with Gasteiger partial charge in [-0.15, -0.1) is 0 Å². The second kappa shape index (κ2) is 6.64. The molecule has 0 radical (unpaired) electrons. The van der Waals surface area contributed by atoms with E-state index in [1.54, 1.807) is 0 Å². The van der Waals surface area contributed by atoms with Crippen molar-refractivity contribution in [1.29, 1.82) is 5.26 Å². The molecule has 0 fully saturated rings. The monoisotopic (exact) mass is 304 g/mol. The van der Waals surface area contributed by atoms with E-state index in [1.807, 2.05) is 36.4 Å². The topological polar surface area (TPSA) is 78.5 Å². The van der Waals surface area contributed by atoms with Crippen LogP contribution in [0.3, 0.4) is 0 Å². The summed E-state index contributed by atoms with van der Waals surface area (Å²) in [6, 6.07) is 15.8. The zero-order valence-corrected chi connectivity index (χ0v) is 13.2. The van der Waals surface area contributed by atoms with Gasteiger partial charge >= 0.3 is 0 Å². The van der Waals surface area contributed by atoms with Gasteiger partial charge in [0.1, 0.15) is 5.82 Å². The number of H-pyrrole nitrogens is 1. The molecule has 0 saturated heterocycles. The van der Waals surface area contributed by atoms with Crippen molar-refractivity contribution in [2.24, 2.45) is 5.73 Å². The Kier molecular flexibility index (Phi) is 4.40. The van der Waals surface area contributed by atoms with Crippen LogP contribution in [0.25, 0.3) is 22.2 Å². The average molecular weight is 304 g/mol. The van der Waals surface area contributed by atoms with Gasteiger partial charge in [0, 0.05) is 0 Å². The fraction of sp³-hybridized carbons (Fsp3) is 0.263. The minimum Gasteiger partial charge on any atom is -0.341 e. The molecule has 0 saturated carbocycles. The molecule has 23 heavy (non-hydrogen) atoms. The Labute approximate surface area is 136 Å². The highest BCUT2D eigenvalue weighted by molar-refractivity contribution is 5.82. The van der Waals surface area contributed by atoms with E-state index in [0.717, 1.165) is 47.2 Å².